The lowest BCUT2D eigenvalue weighted by Gasteiger charge is -2.27. The van der Waals surface area contributed by atoms with Crippen LogP contribution in [0.25, 0.3) is 0 Å². The normalized spacial score (nSPS) is 16.1. The SMILES string of the molecule is CN(C)c1ccc(CN(CCCn2ccnc2)C(=S)NCC2CCCO2)cc1. The first kappa shape index (κ1) is 20.6. The zero-order valence-corrected chi connectivity index (χ0v) is 17.7. The number of benzene rings is 1. The van der Waals surface area contributed by atoms with Crippen molar-refractivity contribution in [3.05, 3.63) is 48.5 Å². The number of aromatic nitrogens is 2. The summed E-state index contributed by atoms with van der Waals surface area (Å²) in [5.74, 6) is 0. The van der Waals surface area contributed by atoms with Crippen LogP contribution in [0.4, 0.5) is 5.69 Å². The zero-order chi connectivity index (χ0) is 19.8. The molecule has 1 aliphatic rings. The van der Waals surface area contributed by atoms with Gasteiger partial charge in [-0.25, -0.2) is 4.98 Å². The standard InChI is InChI=1S/C21H31N5OS/c1-24(2)19-8-6-18(7-9-19)16-26(12-4-11-25-13-10-22-17-25)21(28)23-15-20-5-3-14-27-20/h6-10,13,17,20H,3-5,11-12,14-16H2,1-2H3,(H,23,28). The van der Waals surface area contributed by atoms with Crippen molar-refractivity contribution in [1.82, 2.24) is 19.8 Å². The van der Waals surface area contributed by atoms with Crippen LogP contribution in [0.1, 0.15) is 24.8 Å². The molecule has 7 heteroatoms. The Morgan fingerprint density at radius 2 is 2.14 bits per heavy atom. The molecule has 0 spiro atoms. The molecule has 0 amide bonds. The number of nitrogens with zero attached hydrogens (tertiary/aromatic N) is 4. The number of thiocarbonyl (C=S) groups is 1. The second-order valence-corrected chi connectivity index (χ2v) is 7.84. The summed E-state index contributed by atoms with van der Waals surface area (Å²) in [6.45, 7) is 4.28. The van der Waals surface area contributed by atoms with Crippen molar-refractivity contribution in [3.8, 4) is 0 Å². The third kappa shape index (κ3) is 6.21. The number of nitrogens with one attached hydrogen (secondary N) is 1. The van der Waals surface area contributed by atoms with E-state index >= 15 is 0 Å². The highest BCUT2D eigenvalue weighted by atomic mass is 32.1. The molecule has 1 unspecified atom stereocenters. The molecule has 6 nitrogen and oxygen atoms in total. The molecule has 1 atom stereocenters. The highest BCUT2D eigenvalue weighted by molar-refractivity contribution is 7.80. The van der Waals surface area contributed by atoms with Crippen LogP contribution in [0.3, 0.4) is 0 Å². The van der Waals surface area contributed by atoms with Crippen molar-refractivity contribution in [3.63, 3.8) is 0 Å². The first-order valence-corrected chi connectivity index (χ1v) is 10.4. The minimum atomic E-state index is 0.283. The summed E-state index contributed by atoms with van der Waals surface area (Å²) in [6.07, 6.45) is 9.22. The minimum absolute atomic E-state index is 0.283. The van der Waals surface area contributed by atoms with Gasteiger partial charge in [0, 0.05) is 65.0 Å². The quantitative estimate of drug-likeness (QED) is 0.652. The molecule has 0 saturated carbocycles. The van der Waals surface area contributed by atoms with E-state index in [1.165, 1.54) is 11.3 Å². The largest absolute Gasteiger partial charge is 0.378 e. The molecule has 1 fully saturated rings. The number of anilines is 1. The molecule has 28 heavy (non-hydrogen) atoms. The second kappa shape index (κ2) is 10.4. The molecule has 1 aliphatic heterocycles. The summed E-state index contributed by atoms with van der Waals surface area (Å²) in [7, 11) is 4.11. The topological polar surface area (TPSA) is 45.6 Å². The summed E-state index contributed by atoms with van der Waals surface area (Å²) in [4.78, 5) is 8.48. The van der Waals surface area contributed by atoms with Crippen LogP contribution in [0.5, 0.6) is 0 Å². The first-order valence-electron chi connectivity index (χ1n) is 9.98. The number of imidazole rings is 1. The van der Waals surface area contributed by atoms with Crippen molar-refractivity contribution in [1.29, 1.82) is 0 Å². The van der Waals surface area contributed by atoms with Crippen LogP contribution < -0.4 is 10.2 Å². The van der Waals surface area contributed by atoms with Crippen molar-refractivity contribution in [2.75, 3.05) is 38.7 Å². The Balaban J connectivity index is 1.57. The number of rotatable bonds is 9. The van der Waals surface area contributed by atoms with Crippen LogP contribution in [0, 0.1) is 0 Å². The molecule has 152 valence electrons. The third-order valence-corrected chi connectivity index (χ3v) is 5.42. The Labute approximate surface area is 173 Å². The van der Waals surface area contributed by atoms with Crippen LogP contribution in [-0.2, 0) is 17.8 Å². The van der Waals surface area contributed by atoms with Gasteiger partial charge in [-0.15, -0.1) is 0 Å². The van der Waals surface area contributed by atoms with Crippen molar-refractivity contribution >= 4 is 23.0 Å². The highest BCUT2D eigenvalue weighted by Gasteiger charge is 2.17. The Kier molecular flexibility index (Phi) is 7.68. The van der Waals surface area contributed by atoms with E-state index in [0.717, 1.165) is 57.2 Å². The van der Waals surface area contributed by atoms with Gasteiger partial charge in [0.25, 0.3) is 0 Å². The van der Waals surface area contributed by atoms with Gasteiger partial charge in [0.05, 0.1) is 12.4 Å². The molecule has 1 aromatic heterocycles. The van der Waals surface area contributed by atoms with Crippen molar-refractivity contribution < 1.29 is 4.74 Å². The summed E-state index contributed by atoms with van der Waals surface area (Å²) in [6, 6.07) is 8.67. The molecule has 2 aromatic rings. The van der Waals surface area contributed by atoms with E-state index in [0.29, 0.717) is 0 Å². The summed E-state index contributed by atoms with van der Waals surface area (Å²) >= 11 is 5.72. The van der Waals surface area contributed by atoms with Crippen molar-refractivity contribution in [2.24, 2.45) is 0 Å². The van der Waals surface area contributed by atoms with Gasteiger partial charge in [0.15, 0.2) is 5.11 Å². The summed E-state index contributed by atoms with van der Waals surface area (Å²) in [5, 5.41) is 4.23. The Morgan fingerprint density at radius 3 is 2.79 bits per heavy atom. The number of hydrogen-bond acceptors (Lipinski definition) is 4. The Hall–Kier alpha value is -2.12. The lowest BCUT2D eigenvalue weighted by molar-refractivity contribution is 0.113. The molecule has 1 aromatic carbocycles. The summed E-state index contributed by atoms with van der Waals surface area (Å²) < 4.78 is 7.82. The van der Waals surface area contributed by atoms with E-state index in [2.05, 4.69) is 63.0 Å². The van der Waals surface area contributed by atoms with Gasteiger partial charge in [-0.3, -0.25) is 0 Å². The predicted molar refractivity (Wildman–Crippen MR) is 118 cm³/mol. The smallest absolute Gasteiger partial charge is 0.169 e. The van der Waals surface area contributed by atoms with Crippen molar-refractivity contribution in [2.45, 2.75) is 38.5 Å². The molecule has 0 bridgehead atoms. The molecular formula is C21H31N5OS. The Morgan fingerprint density at radius 1 is 1.32 bits per heavy atom. The Bertz CT molecular complexity index is 711. The fourth-order valence-corrected chi connectivity index (χ4v) is 3.59. The summed E-state index contributed by atoms with van der Waals surface area (Å²) in [5.41, 5.74) is 2.46. The van der Waals surface area contributed by atoms with Gasteiger partial charge in [0.2, 0.25) is 0 Å². The zero-order valence-electron chi connectivity index (χ0n) is 16.9. The minimum Gasteiger partial charge on any atom is -0.378 e. The fraction of sp³-hybridized carbons (Fsp3) is 0.524. The highest BCUT2D eigenvalue weighted by Crippen LogP contribution is 2.15. The van der Waals surface area contributed by atoms with Gasteiger partial charge in [-0.1, -0.05) is 12.1 Å². The number of aryl methyl sites for hydroxylation is 1. The third-order valence-electron chi connectivity index (χ3n) is 5.02. The maximum atomic E-state index is 5.72. The van der Waals surface area contributed by atoms with Gasteiger partial charge in [-0.2, -0.15) is 0 Å². The monoisotopic (exact) mass is 401 g/mol. The fourth-order valence-electron chi connectivity index (χ4n) is 3.35. The van der Waals surface area contributed by atoms with E-state index in [1.807, 2.05) is 18.7 Å². The van der Waals surface area contributed by atoms with Gasteiger partial charge in [-0.05, 0) is 49.2 Å². The first-order chi connectivity index (χ1) is 13.6. The number of ether oxygens (including phenoxy) is 1. The molecule has 2 heterocycles. The van der Waals surface area contributed by atoms with E-state index in [-0.39, 0.29) is 6.10 Å². The molecule has 0 radical (unpaired) electrons. The molecule has 0 aliphatic carbocycles. The average Bonchev–Trinajstić information content (AvgIpc) is 3.40. The predicted octanol–water partition coefficient (Wildman–Crippen LogP) is 2.89. The van der Waals surface area contributed by atoms with E-state index in [1.54, 1.807) is 0 Å². The molecular weight excluding hydrogens is 370 g/mol. The maximum absolute atomic E-state index is 5.72. The molecule has 1 N–H and O–H groups in total. The van der Waals surface area contributed by atoms with E-state index < -0.39 is 0 Å². The van der Waals surface area contributed by atoms with Gasteiger partial charge in [0.1, 0.15) is 0 Å². The van der Waals surface area contributed by atoms with Crippen LogP contribution >= 0.6 is 12.2 Å². The van der Waals surface area contributed by atoms with Gasteiger partial charge < -0.3 is 24.4 Å². The van der Waals surface area contributed by atoms with Crippen LogP contribution in [0.2, 0.25) is 0 Å². The maximum Gasteiger partial charge on any atom is 0.169 e. The lowest BCUT2D eigenvalue weighted by atomic mass is 10.2. The molecule has 1 saturated heterocycles. The van der Waals surface area contributed by atoms with E-state index in [9.17, 15) is 0 Å². The lowest BCUT2D eigenvalue weighted by Crippen LogP contribution is -2.42. The average molecular weight is 402 g/mol. The van der Waals surface area contributed by atoms with Gasteiger partial charge >= 0.3 is 0 Å². The van der Waals surface area contributed by atoms with Crippen LogP contribution in [0.15, 0.2) is 43.0 Å². The van der Waals surface area contributed by atoms with Crippen LogP contribution in [-0.4, -0.2) is 59.5 Å². The number of hydrogen-bond donors (Lipinski definition) is 1. The second-order valence-electron chi connectivity index (χ2n) is 7.46. The van der Waals surface area contributed by atoms with E-state index in [4.69, 9.17) is 17.0 Å². The molecule has 3 rings (SSSR count).